The Morgan fingerprint density at radius 1 is 1.23 bits per heavy atom. The van der Waals surface area contributed by atoms with Crippen molar-refractivity contribution >= 4 is 34.2 Å². The lowest BCUT2D eigenvalue weighted by Gasteiger charge is -2.06. The van der Waals surface area contributed by atoms with Crippen LogP contribution in [-0.2, 0) is 6.54 Å². The number of aliphatic hydroxyl groups excluding tert-OH is 1. The Bertz CT molecular complexity index is 1050. The second-order valence-electron chi connectivity index (χ2n) is 5.88. The lowest BCUT2D eigenvalue weighted by atomic mass is 10.2. The molecule has 132 valence electrons. The van der Waals surface area contributed by atoms with Crippen LogP contribution in [-0.4, -0.2) is 20.4 Å². The van der Waals surface area contributed by atoms with Gasteiger partial charge in [0.2, 0.25) is 0 Å². The maximum atomic E-state index is 12.6. The van der Waals surface area contributed by atoms with Crippen molar-refractivity contribution < 1.29 is 9.90 Å². The van der Waals surface area contributed by atoms with Gasteiger partial charge in [-0.25, -0.2) is 4.98 Å². The number of nitrogens with one attached hydrogen (secondary N) is 1. The van der Waals surface area contributed by atoms with E-state index in [9.17, 15) is 9.90 Å². The van der Waals surface area contributed by atoms with Gasteiger partial charge in [0.1, 0.15) is 17.4 Å². The van der Waals surface area contributed by atoms with Crippen LogP contribution in [0.25, 0.3) is 5.65 Å². The minimum Gasteiger partial charge on any atom is -0.382 e. The summed E-state index contributed by atoms with van der Waals surface area (Å²) in [5, 5.41) is 15.3. The van der Waals surface area contributed by atoms with Crippen LogP contribution < -0.4 is 5.32 Å². The summed E-state index contributed by atoms with van der Waals surface area (Å²) in [6.07, 6.45) is 1.23. The largest absolute Gasteiger partial charge is 0.382 e. The van der Waals surface area contributed by atoms with Gasteiger partial charge < -0.3 is 10.4 Å². The third-order valence-corrected chi connectivity index (χ3v) is 6.17. The third kappa shape index (κ3) is 3.16. The number of thiophene rings is 2. The summed E-state index contributed by atoms with van der Waals surface area (Å²) in [5.41, 5.74) is 2.01. The zero-order valence-electron chi connectivity index (χ0n) is 14.0. The minimum absolute atomic E-state index is 0.157. The molecule has 0 bridgehead atoms. The summed E-state index contributed by atoms with van der Waals surface area (Å²) in [7, 11) is 0. The molecule has 1 atom stereocenters. The van der Waals surface area contributed by atoms with Crippen molar-refractivity contribution in [2.75, 3.05) is 0 Å². The van der Waals surface area contributed by atoms with E-state index in [0.29, 0.717) is 17.9 Å². The molecule has 0 fully saturated rings. The predicted molar refractivity (Wildman–Crippen MR) is 104 cm³/mol. The number of carbonyl (C=O) groups is 1. The van der Waals surface area contributed by atoms with Crippen molar-refractivity contribution in [2.45, 2.75) is 19.6 Å². The number of pyridine rings is 1. The molecule has 4 rings (SSSR count). The molecule has 26 heavy (non-hydrogen) atoms. The van der Waals surface area contributed by atoms with Crippen LogP contribution in [0.15, 0.2) is 54.0 Å². The highest BCUT2D eigenvalue weighted by Gasteiger charge is 2.17. The van der Waals surface area contributed by atoms with Crippen LogP contribution >= 0.6 is 22.7 Å². The smallest absolute Gasteiger partial charge is 0.270 e. The summed E-state index contributed by atoms with van der Waals surface area (Å²) in [6.45, 7) is 2.25. The van der Waals surface area contributed by atoms with E-state index in [0.717, 1.165) is 20.3 Å². The molecule has 0 aliphatic carbocycles. The van der Waals surface area contributed by atoms with Crippen molar-refractivity contribution in [3.63, 3.8) is 0 Å². The first-order valence-corrected chi connectivity index (χ1v) is 9.85. The van der Waals surface area contributed by atoms with Gasteiger partial charge in [-0.3, -0.25) is 9.20 Å². The summed E-state index contributed by atoms with van der Waals surface area (Å²) in [4.78, 5) is 19.8. The van der Waals surface area contributed by atoms with Crippen LogP contribution in [0.1, 0.15) is 36.9 Å². The Morgan fingerprint density at radius 3 is 2.92 bits per heavy atom. The highest BCUT2D eigenvalue weighted by atomic mass is 32.1. The zero-order valence-corrected chi connectivity index (χ0v) is 15.7. The number of hydrogen-bond donors (Lipinski definition) is 2. The number of fused-ring (bicyclic) bond motifs is 1. The quantitative estimate of drug-likeness (QED) is 0.551. The van der Waals surface area contributed by atoms with Crippen molar-refractivity contribution in [3.05, 3.63) is 80.1 Å². The summed E-state index contributed by atoms with van der Waals surface area (Å²) >= 11 is 3.04. The first-order valence-electron chi connectivity index (χ1n) is 8.15. The van der Waals surface area contributed by atoms with Gasteiger partial charge in [-0.1, -0.05) is 12.1 Å². The molecular formula is C19H17N3O2S2. The summed E-state index contributed by atoms with van der Waals surface area (Å²) in [6, 6.07) is 13.4. The number of hydrogen-bond acceptors (Lipinski definition) is 5. The van der Waals surface area contributed by atoms with E-state index in [4.69, 9.17) is 0 Å². The van der Waals surface area contributed by atoms with Crippen molar-refractivity contribution in [1.82, 2.24) is 14.7 Å². The molecule has 0 radical (unpaired) electrons. The fraction of sp³-hybridized carbons (Fsp3) is 0.158. The van der Waals surface area contributed by atoms with Crippen LogP contribution in [0.3, 0.4) is 0 Å². The number of imidazole rings is 1. The number of carbonyl (C=O) groups excluding carboxylic acids is 1. The van der Waals surface area contributed by atoms with E-state index in [1.165, 1.54) is 22.7 Å². The van der Waals surface area contributed by atoms with Gasteiger partial charge in [0.05, 0.1) is 12.2 Å². The maximum absolute atomic E-state index is 12.6. The Morgan fingerprint density at radius 2 is 2.12 bits per heavy atom. The molecule has 0 saturated heterocycles. The minimum atomic E-state index is -0.606. The monoisotopic (exact) mass is 383 g/mol. The van der Waals surface area contributed by atoms with E-state index in [2.05, 4.69) is 10.3 Å². The van der Waals surface area contributed by atoms with Crippen LogP contribution in [0.2, 0.25) is 0 Å². The first-order chi connectivity index (χ1) is 12.6. The highest BCUT2D eigenvalue weighted by molar-refractivity contribution is 7.12. The van der Waals surface area contributed by atoms with Crippen LogP contribution in [0.5, 0.6) is 0 Å². The van der Waals surface area contributed by atoms with Gasteiger partial charge in [0.15, 0.2) is 0 Å². The Kier molecular flexibility index (Phi) is 4.58. The van der Waals surface area contributed by atoms with E-state index in [-0.39, 0.29) is 5.91 Å². The molecule has 1 amide bonds. The number of aliphatic hydroxyl groups is 1. The zero-order chi connectivity index (χ0) is 18.1. The Balaban J connectivity index is 1.47. The number of aryl methyl sites for hydroxylation is 1. The molecule has 0 spiro atoms. The van der Waals surface area contributed by atoms with E-state index >= 15 is 0 Å². The number of amides is 1. The lowest BCUT2D eigenvalue weighted by Crippen LogP contribution is -2.24. The van der Waals surface area contributed by atoms with Gasteiger partial charge >= 0.3 is 0 Å². The second-order valence-corrected chi connectivity index (χ2v) is 8.06. The average Bonchev–Trinajstić information content (AvgIpc) is 3.37. The molecule has 7 heteroatoms. The van der Waals surface area contributed by atoms with E-state index in [1.807, 2.05) is 61.0 Å². The fourth-order valence-corrected chi connectivity index (χ4v) is 4.62. The number of rotatable bonds is 5. The molecule has 4 aromatic rings. The molecular weight excluding hydrogens is 366 g/mol. The van der Waals surface area contributed by atoms with Gasteiger partial charge in [-0.15, -0.1) is 22.7 Å². The van der Waals surface area contributed by atoms with Crippen molar-refractivity contribution in [3.8, 4) is 0 Å². The molecule has 0 saturated carbocycles. The molecule has 5 nitrogen and oxygen atoms in total. The van der Waals surface area contributed by atoms with Gasteiger partial charge in [-0.2, -0.15) is 0 Å². The van der Waals surface area contributed by atoms with E-state index in [1.54, 1.807) is 4.40 Å². The normalized spacial score (nSPS) is 12.4. The molecule has 0 aliphatic rings. The summed E-state index contributed by atoms with van der Waals surface area (Å²) < 4.78 is 1.80. The number of aromatic nitrogens is 2. The lowest BCUT2D eigenvalue weighted by molar-refractivity contribution is 0.0944. The molecule has 2 N–H and O–H groups in total. The van der Waals surface area contributed by atoms with Crippen molar-refractivity contribution in [1.29, 1.82) is 0 Å². The third-order valence-electron chi connectivity index (χ3n) is 4.11. The summed E-state index contributed by atoms with van der Waals surface area (Å²) in [5.74, 6) is -0.157. The average molecular weight is 383 g/mol. The molecule has 1 unspecified atom stereocenters. The van der Waals surface area contributed by atoms with E-state index < -0.39 is 6.10 Å². The fourth-order valence-electron chi connectivity index (χ4n) is 2.86. The van der Waals surface area contributed by atoms with Gasteiger partial charge in [0, 0.05) is 20.8 Å². The molecule has 0 aromatic carbocycles. The molecule has 4 heterocycles. The number of nitrogens with zero attached hydrogens (tertiary/aromatic N) is 2. The Hall–Kier alpha value is -2.48. The molecule has 0 aliphatic heterocycles. The van der Waals surface area contributed by atoms with Gasteiger partial charge in [-0.05, 0) is 42.6 Å². The SMILES string of the molecule is Cc1nc2ccccn2c1C(=O)NCc1ccc(C(O)c2cccs2)s1. The predicted octanol–water partition coefficient (Wildman–Crippen LogP) is 3.78. The second kappa shape index (κ2) is 7.03. The molecule has 4 aromatic heterocycles. The van der Waals surface area contributed by atoms with Crippen LogP contribution in [0, 0.1) is 6.92 Å². The Labute approximate surface area is 158 Å². The first kappa shape index (κ1) is 17.0. The topological polar surface area (TPSA) is 66.6 Å². The van der Waals surface area contributed by atoms with Crippen LogP contribution in [0.4, 0.5) is 0 Å². The van der Waals surface area contributed by atoms with Crippen molar-refractivity contribution in [2.24, 2.45) is 0 Å². The van der Waals surface area contributed by atoms with Gasteiger partial charge in [0.25, 0.3) is 5.91 Å². The maximum Gasteiger partial charge on any atom is 0.270 e. The standard InChI is InChI=1S/C19H17N3O2S2/c1-12-17(22-9-3-2-6-16(22)21-12)19(24)20-11-13-7-8-15(26-13)18(23)14-5-4-10-25-14/h2-10,18,23H,11H2,1H3,(H,20,24). The highest BCUT2D eigenvalue weighted by Crippen LogP contribution is 2.30.